The van der Waals surface area contributed by atoms with Crippen LogP contribution in [0, 0.1) is 6.92 Å². The van der Waals surface area contributed by atoms with Gasteiger partial charge in [-0.15, -0.1) is 0 Å². The lowest BCUT2D eigenvalue weighted by molar-refractivity contribution is 0.833. The summed E-state index contributed by atoms with van der Waals surface area (Å²) >= 11 is 0. The quantitative estimate of drug-likeness (QED) is 0.594. The van der Waals surface area contributed by atoms with Crippen molar-refractivity contribution in [3.63, 3.8) is 0 Å². The molecular formula is C14H16N2. The lowest BCUT2D eigenvalue weighted by atomic mass is 9.96. The van der Waals surface area contributed by atoms with Crippen LogP contribution >= 0.6 is 0 Å². The highest BCUT2D eigenvalue weighted by molar-refractivity contribution is 5.75. The fraction of sp³-hybridized carbons (Fsp3) is 0.214. The van der Waals surface area contributed by atoms with Crippen molar-refractivity contribution in [3.8, 4) is 0 Å². The Labute approximate surface area is 96.2 Å². The first kappa shape index (κ1) is 10.7. The minimum Gasteiger partial charge on any atom is -0.390 e. The Kier molecular flexibility index (Phi) is 3.20. The second-order valence-electron chi connectivity index (χ2n) is 3.99. The molecule has 0 saturated heterocycles. The fourth-order valence-corrected chi connectivity index (χ4v) is 1.82. The number of aliphatic imine (C=N–C) groups is 1. The molecule has 0 spiro atoms. The van der Waals surface area contributed by atoms with E-state index in [-0.39, 0.29) is 6.04 Å². The molecule has 0 heterocycles. The van der Waals surface area contributed by atoms with E-state index < -0.39 is 0 Å². The molecule has 2 rings (SSSR count). The van der Waals surface area contributed by atoms with Crippen LogP contribution in [0.5, 0.6) is 0 Å². The summed E-state index contributed by atoms with van der Waals surface area (Å²) in [5.41, 5.74) is 9.06. The van der Waals surface area contributed by atoms with E-state index in [0.717, 1.165) is 6.42 Å². The number of hydrogen-bond donors (Lipinski definition) is 1. The molecule has 0 fully saturated rings. The van der Waals surface area contributed by atoms with Crippen molar-refractivity contribution in [1.82, 2.24) is 0 Å². The zero-order chi connectivity index (χ0) is 11.4. The first-order chi connectivity index (χ1) is 7.79. The normalized spacial score (nSPS) is 20.1. The van der Waals surface area contributed by atoms with Gasteiger partial charge in [-0.3, -0.25) is 4.99 Å². The molecule has 0 bridgehead atoms. The Morgan fingerprint density at radius 2 is 2.06 bits per heavy atom. The average Bonchev–Trinajstić information content (AvgIpc) is 2.31. The van der Waals surface area contributed by atoms with Gasteiger partial charge in [0, 0.05) is 0 Å². The third-order valence-corrected chi connectivity index (χ3v) is 2.71. The summed E-state index contributed by atoms with van der Waals surface area (Å²) in [5, 5.41) is 0. The van der Waals surface area contributed by atoms with Gasteiger partial charge in [0.15, 0.2) is 0 Å². The maximum atomic E-state index is 5.32. The Morgan fingerprint density at radius 1 is 1.31 bits per heavy atom. The van der Waals surface area contributed by atoms with Gasteiger partial charge in [0.25, 0.3) is 0 Å². The zero-order valence-electron chi connectivity index (χ0n) is 9.43. The van der Waals surface area contributed by atoms with Gasteiger partial charge < -0.3 is 5.73 Å². The third-order valence-electron chi connectivity index (χ3n) is 2.71. The van der Waals surface area contributed by atoms with Gasteiger partial charge in [0.2, 0.25) is 0 Å². The second-order valence-corrected chi connectivity index (χ2v) is 3.99. The third kappa shape index (κ3) is 2.40. The summed E-state index contributed by atoms with van der Waals surface area (Å²) in [5.74, 6) is 0. The van der Waals surface area contributed by atoms with E-state index in [2.05, 4.69) is 54.4 Å². The molecule has 1 aliphatic rings. The number of rotatable bonds is 2. The minimum absolute atomic E-state index is 0.186. The summed E-state index contributed by atoms with van der Waals surface area (Å²) < 4.78 is 0. The lowest BCUT2D eigenvalue weighted by Gasteiger charge is -2.13. The molecule has 1 unspecified atom stereocenters. The average molecular weight is 212 g/mol. The standard InChI is InChI=1S/C14H16N2/c1-11-5-7-12(8-6-11)13-3-2-4-14(9-13)16-10-15/h2-3,5-10,14H,4H2,1H3,(H2,15,16). The molecule has 1 aromatic rings. The van der Waals surface area contributed by atoms with Crippen LogP contribution in [0.4, 0.5) is 0 Å². The Morgan fingerprint density at radius 3 is 2.75 bits per heavy atom. The molecule has 0 amide bonds. The highest BCUT2D eigenvalue weighted by atomic mass is 14.8. The number of aryl methyl sites for hydroxylation is 1. The Bertz CT molecular complexity index is 438. The summed E-state index contributed by atoms with van der Waals surface area (Å²) in [6, 6.07) is 8.71. The van der Waals surface area contributed by atoms with Crippen LogP contribution in [0.25, 0.3) is 5.57 Å². The first-order valence-electron chi connectivity index (χ1n) is 5.48. The predicted octanol–water partition coefficient (Wildman–Crippen LogP) is 2.69. The molecule has 0 aliphatic heterocycles. The zero-order valence-corrected chi connectivity index (χ0v) is 9.43. The number of allylic oxidation sites excluding steroid dienone is 2. The molecule has 0 radical (unpaired) electrons. The number of hydrogen-bond acceptors (Lipinski definition) is 1. The summed E-state index contributed by atoms with van der Waals surface area (Å²) in [6.45, 7) is 2.09. The molecule has 2 N–H and O–H groups in total. The van der Waals surface area contributed by atoms with E-state index in [0.29, 0.717) is 0 Å². The maximum absolute atomic E-state index is 5.32. The molecule has 0 aromatic heterocycles. The molecule has 82 valence electrons. The van der Waals surface area contributed by atoms with Crippen molar-refractivity contribution in [2.24, 2.45) is 10.7 Å². The largest absolute Gasteiger partial charge is 0.390 e. The van der Waals surface area contributed by atoms with Crippen LogP contribution in [0.15, 0.2) is 47.5 Å². The molecule has 0 saturated carbocycles. The van der Waals surface area contributed by atoms with Crippen LogP contribution in [-0.2, 0) is 0 Å². The first-order valence-corrected chi connectivity index (χ1v) is 5.48. The van der Waals surface area contributed by atoms with Gasteiger partial charge in [-0.25, -0.2) is 0 Å². The summed E-state index contributed by atoms with van der Waals surface area (Å²) in [7, 11) is 0. The predicted molar refractivity (Wildman–Crippen MR) is 69.4 cm³/mol. The maximum Gasteiger partial charge on any atom is 0.0805 e. The van der Waals surface area contributed by atoms with E-state index in [9.17, 15) is 0 Å². The minimum atomic E-state index is 0.186. The smallest absolute Gasteiger partial charge is 0.0805 e. The summed E-state index contributed by atoms with van der Waals surface area (Å²) in [4.78, 5) is 4.20. The van der Waals surface area contributed by atoms with Gasteiger partial charge in [-0.1, -0.05) is 48.1 Å². The van der Waals surface area contributed by atoms with Crippen molar-refractivity contribution in [1.29, 1.82) is 0 Å². The Hall–Kier alpha value is -1.83. The molecule has 2 heteroatoms. The van der Waals surface area contributed by atoms with Gasteiger partial charge >= 0.3 is 0 Å². The highest BCUT2D eigenvalue weighted by Crippen LogP contribution is 2.22. The van der Waals surface area contributed by atoms with E-state index in [4.69, 9.17) is 5.73 Å². The van der Waals surface area contributed by atoms with E-state index in [1.165, 1.54) is 23.0 Å². The monoisotopic (exact) mass is 212 g/mol. The van der Waals surface area contributed by atoms with Crippen molar-refractivity contribution < 1.29 is 0 Å². The molecule has 16 heavy (non-hydrogen) atoms. The SMILES string of the molecule is Cc1ccc(C2=CC(N=CN)CC=C2)cc1. The number of nitrogens with zero attached hydrogens (tertiary/aromatic N) is 1. The molecule has 1 atom stereocenters. The Balaban J connectivity index is 2.26. The van der Waals surface area contributed by atoms with Gasteiger partial charge in [0.05, 0.1) is 12.4 Å². The highest BCUT2D eigenvalue weighted by Gasteiger charge is 2.08. The molecule has 1 aromatic carbocycles. The van der Waals surface area contributed by atoms with E-state index >= 15 is 0 Å². The van der Waals surface area contributed by atoms with E-state index in [1.54, 1.807) is 0 Å². The molecule has 2 nitrogen and oxygen atoms in total. The van der Waals surface area contributed by atoms with Gasteiger partial charge in [0.1, 0.15) is 0 Å². The second kappa shape index (κ2) is 4.79. The van der Waals surface area contributed by atoms with Crippen molar-refractivity contribution in [3.05, 3.63) is 53.6 Å². The molecular weight excluding hydrogens is 196 g/mol. The lowest BCUT2D eigenvalue weighted by Crippen LogP contribution is -2.06. The number of benzene rings is 1. The van der Waals surface area contributed by atoms with Crippen LogP contribution in [0.2, 0.25) is 0 Å². The van der Waals surface area contributed by atoms with Crippen LogP contribution in [0.3, 0.4) is 0 Å². The topological polar surface area (TPSA) is 38.4 Å². The van der Waals surface area contributed by atoms with Gasteiger partial charge in [-0.2, -0.15) is 0 Å². The van der Waals surface area contributed by atoms with Crippen LogP contribution in [0.1, 0.15) is 17.5 Å². The van der Waals surface area contributed by atoms with E-state index in [1.807, 2.05) is 0 Å². The van der Waals surface area contributed by atoms with Gasteiger partial charge in [-0.05, 0) is 24.5 Å². The van der Waals surface area contributed by atoms with Crippen LogP contribution in [-0.4, -0.2) is 12.4 Å². The van der Waals surface area contributed by atoms with Crippen molar-refractivity contribution in [2.75, 3.05) is 0 Å². The van der Waals surface area contributed by atoms with Crippen LogP contribution < -0.4 is 5.73 Å². The molecule has 1 aliphatic carbocycles. The van der Waals surface area contributed by atoms with Crippen molar-refractivity contribution in [2.45, 2.75) is 19.4 Å². The number of nitrogens with two attached hydrogens (primary N) is 1. The summed E-state index contributed by atoms with van der Waals surface area (Å²) in [6.07, 6.45) is 8.77. The van der Waals surface area contributed by atoms with Crippen molar-refractivity contribution >= 4 is 11.9 Å². The fourth-order valence-electron chi connectivity index (χ4n) is 1.82.